The summed E-state index contributed by atoms with van der Waals surface area (Å²) in [7, 11) is 1.36. The number of hydrogen-bond donors (Lipinski definition) is 0. The second-order valence-electron chi connectivity index (χ2n) is 2.28. The van der Waals surface area contributed by atoms with Gasteiger partial charge in [0.05, 0.1) is 7.11 Å². The van der Waals surface area contributed by atoms with Gasteiger partial charge in [0.1, 0.15) is 4.88 Å². The molecule has 0 fully saturated rings. The predicted molar refractivity (Wildman–Crippen MR) is 40.6 cm³/mol. The van der Waals surface area contributed by atoms with Gasteiger partial charge in [-0.1, -0.05) is 11.3 Å². The summed E-state index contributed by atoms with van der Waals surface area (Å²) >= 11 is 0.619. The lowest BCUT2D eigenvalue weighted by Gasteiger charge is -2.00. The topological polar surface area (TPSA) is 9.23 Å². The van der Waals surface area contributed by atoms with E-state index in [1.54, 1.807) is 6.92 Å². The molecule has 1 nitrogen and oxygen atoms in total. The molecule has 0 bridgehead atoms. The van der Waals surface area contributed by atoms with Gasteiger partial charge in [-0.05, 0) is 13.0 Å². The second-order valence-corrected chi connectivity index (χ2v) is 3.30. The first-order valence-corrected chi connectivity index (χ1v) is 3.98. The van der Waals surface area contributed by atoms with Crippen molar-refractivity contribution in [1.82, 2.24) is 0 Å². The number of ether oxygens (including phenoxy) is 1. The summed E-state index contributed by atoms with van der Waals surface area (Å²) in [6, 6.07) is 1.09. The van der Waals surface area contributed by atoms with E-state index in [1.165, 1.54) is 7.11 Å². The fraction of sp³-hybridized carbons (Fsp3) is 0.429. The molecule has 0 spiro atoms. The van der Waals surface area contributed by atoms with Crippen LogP contribution in [-0.2, 0) is 6.18 Å². The third kappa shape index (κ3) is 1.72. The van der Waals surface area contributed by atoms with Crippen LogP contribution >= 0.6 is 11.3 Å². The van der Waals surface area contributed by atoms with Crippen LogP contribution in [0.1, 0.15) is 10.4 Å². The van der Waals surface area contributed by atoms with Crippen molar-refractivity contribution in [1.29, 1.82) is 0 Å². The van der Waals surface area contributed by atoms with E-state index in [9.17, 15) is 13.2 Å². The molecule has 0 amide bonds. The van der Waals surface area contributed by atoms with E-state index in [1.807, 2.05) is 0 Å². The molecule has 0 radical (unpaired) electrons. The standard InChI is InChI=1S/C7H7F3OS/c1-4-3-5(7(8,9)10)12-6(4)11-2/h3H,1-2H3. The lowest BCUT2D eigenvalue weighted by Crippen LogP contribution is -2.00. The Bertz CT molecular complexity index is 277. The van der Waals surface area contributed by atoms with Crippen molar-refractivity contribution in [2.24, 2.45) is 0 Å². The number of hydrogen-bond acceptors (Lipinski definition) is 2. The minimum atomic E-state index is -4.26. The van der Waals surface area contributed by atoms with Crippen molar-refractivity contribution in [3.63, 3.8) is 0 Å². The van der Waals surface area contributed by atoms with Crippen molar-refractivity contribution >= 4 is 11.3 Å². The maximum absolute atomic E-state index is 12.1. The highest BCUT2D eigenvalue weighted by atomic mass is 32.1. The van der Waals surface area contributed by atoms with Crippen LogP contribution in [-0.4, -0.2) is 7.11 Å². The number of rotatable bonds is 1. The Hall–Kier alpha value is -0.710. The number of halogens is 3. The average Bonchev–Trinajstić information content (AvgIpc) is 2.29. The quantitative estimate of drug-likeness (QED) is 0.670. The normalized spacial score (nSPS) is 11.8. The summed E-state index contributed by atoms with van der Waals surface area (Å²) < 4.78 is 41.0. The van der Waals surface area contributed by atoms with Crippen molar-refractivity contribution < 1.29 is 17.9 Å². The fourth-order valence-corrected chi connectivity index (χ4v) is 1.66. The first-order valence-electron chi connectivity index (χ1n) is 3.16. The van der Waals surface area contributed by atoms with Gasteiger partial charge in [-0.25, -0.2) is 0 Å². The van der Waals surface area contributed by atoms with Crippen molar-refractivity contribution in [3.05, 3.63) is 16.5 Å². The van der Waals surface area contributed by atoms with Crippen LogP contribution in [0, 0.1) is 6.92 Å². The van der Waals surface area contributed by atoms with Gasteiger partial charge in [0, 0.05) is 5.56 Å². The largest absolute Gasteiger partial charge is 0.487 e. The summed E-state index contributed by atoms with van der Waals surface area (Å²) in [5.41, 5.74) is 0.523. The molecule has 1 heterocycles. The Morgan fingerprint density at radius 2 is 2.00 bits per heavy atom. The van der Waals surface area contributed by atoms with Crippen molar-refractivity contribution in [2.45, 2.75) is 13.1 Å². The summed E-state index contributed by atoms with van der Waals surface area (Å²) in [6.45, 7) is 1.59. The van der Waals surface area contributed by atoms with E-state index in [2.05, 4.69) is 0 Å². The monoisotopic (exact) mass is 196 g/mol. The summed E-state index contributed by atoms with van der Waals surface area (Å²) in [5.74, 6) is 0. The highest BCUT2D eigenvalue weighted by Gasteiger charge is 2.33. The zero-order valence-corrected chi connectivity index (χ0v) is 7.34. The molecule has 5 heteroatoms. The third-order valence-electron chi connectivity index (χ3n) is 1.34. The van der Waals surface area contributed by atoms with E-state index in [0.29, 0.717) is 22.0 Å². The third-order valence-corrected chi connectivity index (χ3v) is 2.58. The molecule has 1 aromatic rings. The van der Waals surface area contributed by atoms with Gasteiger partial charge in [0.25, 0.3) is 0 Å². The molecule has 1 rings (SSSR count). The second kappa shape index (κ2) is 2.97. The molecule has 68 valence electrons. The lowest BCUT2D eigenvalue weighted by atomic mass is 10.3. The van der Waals surface area contributed by atoms with E-state index in [4.69, 9.17) is 4.74 Å². The maximum atomic E-state index is 12.1. The van der Waals surface area contributed by atoms with Crippen molar-refractivity contribution in [2.75, 3.05) is 7.11 Å². The van der Waals surface area contributed by atoms with E-state index in [-0.39, 0.29) is 0 Å². The first-order chi connectivity index (χ1) is 5.45. The fourth-order valence-electron chi connectivity index (χ4n) is 0.808. The molecule has 0 atom stereocenters. The zero-order chi connectivity index (χ0) is 9.35. The number of alkyl halides is 3. The van der Waals surface area contributed by atoms with Gasteiger partial charge in [-0.3, -0.25) is 0 Å². The maximum Gasteiger partial charge on any atom is 0.425 e. The van der Waals surface area contributed by atoms with Crippen LogP contribution in [0.15, 0.2) is 6.07 Å². The highest BCUT2D eigenvalue weighted by Crippen LogP contribution is 2.39. The van der Waals surface area contributed by atoms with E-state index in [0.717, 1.165) is 6.07 Å². The van der Waals surface area contributed by atoms with Gasteiger partial charge >= 0.3 is 6.18 Å². The van der Waals surface area contributed by atoms with E-state index >= 15 is 0 Å². The Morgan fingerprint density at radius 3 is 2.25 bits per heavy atom. The summed E-state index contributed by atoms with van der Waals surface area (Å²) in [4.78, 5) is -0.614. The molecule has 0 saturated heterocycles. The van der Waals surface area contributed by atoms with Gasteiger partial charge < -0.3 is 4.74 Å². The number of thiophene rings is 1. The smallest absolute Gasteiger partial charge is 0.425 e. The predicted octanol–water partition coefficient (Wildman–Crippen LogP) is 3.08. The average molecular weight is 196 g/mol. The van der Waals surface area contributed by atoms with Crippen LogP contribution in [0.3, 0.4) is 0 Å². The van der Waals surface area contributed by atoms with Crippen LogP contribution in [0.25, 0.3) is 0 Å². The first kappa shape index (κ1) is 9.38. The summed E-state index contributed by atoms with van der Waals surface area (Å²) in [6.07, 6.45) is -4.26. The SMILES string of the molecule is COc1sc(C(F)(F)F)cc1C. The number of methoxy groups -OCH3 is 1. The molecule has 12 heavy (non-hydrogen) atoms. The Kier molecular flexibility index (Phi) is 2.32. The van der Waals surface area contributed by atoms with Gasteiger partial charge in [0.2, 0.25) is 0 Å². The van der Waals surface area contributed by atoms with E-state index < -0.39 is 11.1 Å². The van der Waals surface area contributed by atoms with Crippen molar-refractivity contribution in [3.8, 4) is 5.06 Å². The van der Waals surface area contributed by atoms with Crippen LogP contribution in [0.4, 0.5) is 13.2 Å². The molecular formula is C7H7F3OS. The molecule has 0 aliphatic rings. The molecular weight excluding hydrogens is 189 g/mol. The van der Waals surface area contributed by atoms with Crippen LogP contribution in [0.5, 0.6) is 5.06 Å². The molecule has 1 aromatic heterocycles. The molecule has 0 aliphatic carbocycles. The molecule has 0 aliphatic heterocycles. The van der Waals surface area contributed by atoms with Gasteiger partial charge in [-0.2, -0.15) is 13.2 Å². The number of aryl methyl sites for hydroxylation is 1. The van der Waals surface area contributed by atoms with Gasteiger partial charge in [0.15, 0.2) is 5.06 Å². The molecule has 0 saturated carbocycles. The molecule has 0 N–H and O–H groups in total. The van der Waals surface area contributed by atoms with Gasteiger partial charge in [-0.15, -0.1) is 0 Å². The Labute approximate surface area is 71.8 Å². The Morgan fingerprint density at radius 1 is 1.42 bits per heavy atom. The summed E-state index contributed by atoms with van der Waals surface area (Å²) in [5, 5.41) is 0.322. The van der Waals surface area contributed by atoms with Crippen LogP contribution in [0.2, 0.25) is 0 Å². The highest BCUT2D eigenvalue weighted by molar-refractivity contribution is 7.14. The van der Waals surface area contributed by atoms with Crippen LogP contribution < -0.4 is 4.74 Å². The minimum Gasteiger partial charge on any atom is -0.487 e. The molecule has 0 unspecified atom stereocenters. The zero-order valence-electron chi connectivity index (χ0n) is 6.53. The lowest BCUT2D eigenvalue weighted by molar-refractivity contribution is -0.134. The molecule has 0 aromatic carbocycles. The Balaban J connectivity index is 3.05. The minimum absolute atomic E-state index is 0.322.